The summed E-state index contributed by atoms with van der Waals surface area (Å²) < 4.78 is 6.71. The van der Waals surface area contributed by atoms with Gasteiger partial charge in [-0.15, -0.1) is 0 Å². The topological polar surface area (TPSA) is 44.1 Å². The number of carbonyl (C=O) groups is 1. The minimum absolute atomic E-state index is 0.139. The van der Waals surface area contributed by atoms with Crippen molar-refractivity contribution in [3.05, 3.63) is 30.0 Å². The van der Waals surface area contributed by atoms with Crippen LogP contribution in [-0.4, -0.2) is 22.9 Å². The molecule has 0 aliphatic carbocycles. The van der Waals surface area contributed by atoms with Crippen molar-refractivity contribution in [2.75, 3.05) is 7.11 Å². The van der Waals surface area contributed by atoms with Gasteiger partial charge >= 0.3 is 5.97 Å². The van der Waals surface area contributed by atoms with Gasteiger partial charge in [0.2, 0.25) is 0 Å². The quantitative estimate of drug-likeness (QED) is 0.765. The fourth-order valence-electron chi connectivity index (χ4n) is 1.97. The molecule has 0 fully saturated rings. The van der Waals surface area contributed by atoms with E-state index in [1.807, 2.05) is 16.8 Å². The predicted molar refractivity (Wildman–Crippen MR) is 70.5 cm³/mol. The molecular weight excluding hydrogens is 228 g/mol. The van der Waals surface area contributed by atoms with Gasteiger partial charge in [0, 0.05) is 11.9 Å². The third-order valence-corrected chi connectivity index (χ3v) is 2.72. The number of aromatic nitrogens is 2. The third-order valence-electron chi connectivity index (χ3n) is 2.72. The van der Waals surface area contributed by atoms with Crippen LogP contribution in [0.3, 0.4) is 0 Å². The molecule has 0 aliphatic rings. The van der Waals surface area contributed by atoms with Gasteiger partial charge in [0.25, 0.3) is 0 Å². The van der Waals surface area contributed by atoms with E-state index in [9.17, 15) is 4.79 Å². The van der Waals surface area contributed by atoms with E-state index in [1.165, 1.54) is 7.11 Å². The molecule has 0 amide bonds. The Balaban J connectivity index is 2.52. The Hall–Kier alpha value is -1.84. The fourth-order valence-corrected chi connectivity index (χ4v) is 1.97. The summed E-state index contributed by atoms with van der Waals surface area (Å²) in [6.45, 7) is 7.28. The second kappa shape index (κ2) is 4.44. The van der Waals surface area contributed by atoms with E-state index in [4.69, 9.17) is 4.74 Å². The fraction of sp³-hybridized carbons (Fsp3) is 0.429. The number of methoxy groups -OCH3 is 1. The van der Waals surface area contributed by atoms with Crippen molar-refractivity contribution < 1.29 is 9.53 Å². The maximum atomic E-state index is 11.7. The number of hydrogen-bond acceptors (Lipinski definition) is 3. The highest BCUT2D eigenvalue weighted by Crippen LogP contribution is 2.23. The molecule has 2 rings (SSSR count). The molecule has 1 aromatic heterocycles. The molecule has 0 unspecified atom stereocenters. The first-order valence-electron chi connectivity index (χ1n) is 5.95. The Morgan fingerprint density at radius 2 is 2.11 bits per heavy atom. The minimum atomic E-state index is -0.323. The molecule has 4 nitrogen and oxygen atoms in total. The lowest BCUT2D eigenvalue weighted by molar-refractivity contribution is 0.0603. The molecule has 0 N–H and O–H groups in total. The summed E-state index contributed by atoms with van der Waals surface area (Å²) >= 11 is 0. The largest absolute Gasteiger partial charge is 0.465 e. The summed E-state index contributed by atoms with van der Waals surface area (Å²) in [6.07, 6.45) is 1.73. The number of benzene rings is 1. The van der Waals surface area contributed by atoms with E-state index in [0.29, 0.717) is 5.56 Å². The molecule has 96 valence electrons. The molecule has 0 radical (unpaired) electrons. The van der Waals surface area contributed by atoms with Gasteiger partial charge in [-0.3, -0.25) is 4.68 Å². The molecule has 0 saturated carbocycles. The second-order valence-electron chi connectivity index (χ2n) is 5.59. The van der Waals surface area contributed by atoms with Crippen LogP contribution in [0, 0.1) is 5.41 Å². The zero-order valence-electron chi connectivity index (χ0n) is 11.2. The van der Waals surface area contributed by atoms with Crippen LogP contribution in [0.5, 0.6) is 0 Å². The molecule has 0 atom stereocenters. The van der Waals surface area contributed by atoms with Crippen molar-refractivity contribution in [2.45, 2.75) is 27.3 Å². The predicted octanol–water partition coefficient (Wildman–Crippen LogP) is 2.87. The van der Waals surface area contributed by atoms with Crippen LogP contribution in [0.25, 0.3) is 10.9 Å². The molecule has 1 aromatic carbocycles. The van der Waals surface area contributed by atoms with E-state index in [0.717, 1.165) is 17.4 Å². The first-order valence-corrected chi connectivity index (χ1v) is 5.95. The van der Waals surface area contributed by atoms with Crippen molar-refractivity contribution in [1.82, 2.24) is 9.78 Å². The van der Waals surface area contributed by atoms with Gasteiger partial charge in [0.1, 0.15) is 0 Å². The van der Waals surface area contributed by atoms with Gasteiger partial charge in [0.15, 0.2) is 0 Å². The Morgan fingerprint density at radius 3 is 2.72 bits per heavy atom. The van der Waals surface area contributed by atoms with Crippen LogP contribution >= 0.6 is 0 Å². The van der Waals surface area contributed by atoms with Crippen molar-refractivity contribution in [2.24, 2.45) is 5.41 Å². The molecule has 0 saturated heterocycles. The summed E-state index contributed by atoms with van der Waals surface area (Å²) in [5.41, 5.74) is 1.67. The van der Waals surface area contributed by atoms with Crippen molar-refractivity contribution in [3.63, 3.8) is 0 Å². The summed E-state index contributed by atoms with van der Waals surface area (Å²) in [4.78, 5) is 11.7. The van der Waals surface area contributed by atoms with Crippen LogP contribution in [0.1, 0.15) is 31.1 Å². The highest BCUT2D eigenvalue weighted by atomic mass is 16.5. The minimum Gasteiger partial charge on any atom is -0.465 e. The number of fused-ring (bicyclic) bond motifs is 1. The summed E-state index contributed by atoms with van der Waals surface area (Å²) in [7, 11) is 1.39. The van der Waals surface area contributed by atoms with E-state index in [2.05, 4.69) is 25.9 Å². The van der Waals surface area contributed by atoms with E-state index < -0.39 is 0 Å². The number of rotatable bonds is 2. The standard InChI is InChI=1S/C14H18N2O2/c1-14(2,3)9-16-12-7-5-6-10(13(17)18-4)11(12)8-15-16/h5-8H,9H2,1-4H3. The van der Waals surface area contributed by atoms with E-state index in [-0.39, 0.29) is 11.4 Å². The first kappa shape index (κ1) is 12.6. The average molecular weight is 246 g/mol. The van der Waals surface area contributed by atoms with Gasteiger partial charge in [-0.2, -0.15) is 5.10 Å². The Bertz CT molecular complexity index is 579. The van der Waals surface area contributed by atoms with Crippen LogP contribution in [0.2, 0.25) is 0 Å². The smallest absolute Gasteiger partial charge is 0.338 e. The number of nitrogens with zero attached hydrogens (tertiary/aromatic N) is 2. The van der Waals surface area contributed by atoms with Crippen molar-refractivity contribution >= 4 is 16.9 Å². The van der Waals surface area contributed by atoms with Gasteiger partial charge in [0.05, 0.1) is 24.4 Å². The number of carbonyl (C=O) groups excluding carboxylic acids is 1. The monoisotopic (exact) mass is 246 g/mol. The average Bonchev–Trinajstić information content (AvgIpc) is 2.69. The Labute approximate surface area is 107 Å². The van der Waals surface area contributed by atoms with Crippen LogP contribution < -0.4 is 0 Å². The first-order chi connectivity index (χ1) is 8.42. The highest BCUT2D eigenvalue weighted by molar-refractivity contribution is 6.03. The van der Waals surface area contributed by atoms with Crippen LogP contribution in [0.4, 0.5) is 0 Å². The highest BCUT2D eigenvalue weighted by Gasteiger charge is 2.17. The van der Waals surface area contributed by atoms with Gasteiger partial charge in [-0.1, -0.05) is 26.8 Å². The number of ether oxygens (including phenoxy) is 1. The molecule has 0 bridgehead atoms. The molecule has 0 aliphatic heterocycles. The molecule has 4 heteroatoms. The summed E-state index contributed by atoms with van der Waals surface area (Å²) in [6, 6.07) is 5.59. The van der Waals surface area contributed by atoms with E-state index >= 15 is 0 Å². The van der Waals surface area contributed by atoms with Gasteiger partial charge in [-0.25, -0.2) is 4.79 Å². The molecular formula is C14H18N2O2. The summed E-state index contributed by atoms with van der Waals surface area (Å²) in [5, 5.41) is 5.21. The van der Waals surface area contributed by atoms with Gasteiger partial charge < -0.3 is 4.74 Å². The van der Waals surface area contributed by atoms with E-state index in [1.54, 1.807) is 12.3 Å². The maximum absolute atomic E-state index is 11.7. The molecule has 2 aromatic rings. The normalized spacial score (nSPS) is 11.8. The van der Waals surface area contributed by atoms with Crippen molar-refractivity contribution in [1.29, 1.82) is 0 Å². The number of esters is 1. The third kappa shape index (κ3) is 2.37. The lowest BCUT2D eigenvalue weighted by Gasteiger charge is -2.18. The molecule has 18 heavy (non-hydrogen) atoms. The Morgan fingerprint density at radius 1 is 1.39 bits per heavy atom. The van der Waals surface area contributed by atoms with Crippen LogP contribution in [0.15, 0.2) is 24.4 Å². The maximum Gasteiger partial charge on any atom is 0.338 e. The SMILES string of the molecule is COC(=O)c1cccc2c1cnn2CC(C)(C)C. The zero-order valence-corrected chi connectivity index (χ0v) is 11.2. The zero-order chi connectivity index (χ0) is 13.3. The van der Waals surface area contributed by atoms with Gasteiger partial charge in [-0.05, 0) is 17.5 Å². The van der Waals surface area contributed by atoms with Crippen molar-refractivity contribution in [3.8, 4) is 0 Å². The van der Waals surface area contributed by atoms with Crippen LogP contribution in [-0.2, 0) is 11.3 Å². The Kier molecular flexibility index (Phi) is 3.11. The summed E-state index contributed by atoms with van der Waals surface area (Å²) in [5.74, 6) is -0.323. The second-order valence-corrected chi connectivity index (χ2v) is 5.59. The molecule has 0 spiro atoms. The molecule has 1 heterocycles. The lowest BCUT2D eigenvalue weighted by atomic mass is 9.97. The number of hydrogen-bond donors (Lipinski definition) is 0. The lowest BCUT2D eigenvalue weighted by Crippen LogP contribution is -2.16.